The lowest BCUT2D eigenvalue weighted by Crippen LogP contribution is -3.05. The van der Waals surface area contributed by atoms with Crippen molar-refractivity contribution in [2.75, 3.05) is 19.6 Å². The summed E-state index contributed by atoms with van der Waals surface area (Å²) in [5.41, 5.74) is 0. The number of quaternary nitrogens is 1. The summed E-state index contributed by atoms with van der Waals surface area (Å²) in [6, 6.07) is 0.793. The topological polar surface area (TPSA) is 16.5 Å². The van der Waals surface area contributed by atoms with Crippen LogP contribution in [0.1, 0.15) is 12.8 Å². The van der Waals surface area contributed by atoms with Gasteiger partial charge in [0, 0.05) is 5.92 Å². The number of hydrogen-bond donors (Lipinski definition) is 2. The highest BCUT2D eigenvalue weighted by Crippen LogP contribution is 2.16. The summed E-state index contributed by atoms with van der Waals surface area (Å²) < 4.78 is 0. The van der Waals surface area contributed by atoms with Crippen molar-refractivity contribution < 1.29 is 4.90 Å². The third-order valence-electron chi connectivity index (χ3n) is 2.79. The summed E-state index contributed by atoms with van der Waals surface area (Å²) in [6.45, 7) is 3.76. The minimum absolute atomic E-state index is 0.793. The Morgan fingerprint density at radius 3 is 3.10 bits per heavy atom. The van der Waals surface area contributed by atoms with Gasteiger partial charge in [-0.25, -0.2) is 0 Å². The monoisotopic (exact) mass is 140 g/mol. The van der Waals surface area contributed by atoms with Gasteiger partial charge in [-0.3, -0.25) is 0 Å². The van der Waals surface area contributed by atoms with Gasteiger partial charge >= 0.3 is 0 Å². The van der Waals surface area contributed by atoms with Crippen LogP contribution in [-0.4, -0.2) is 25.7 Å². The zero-order valence-electron chi connectivity index (χ0n) is 6.40. The van der Waals surface area contributed by atoms with Gasteiger partial charge < -0.3 is 10.2 Å². The third kappa shape index (κ3) is 1.06. The fourth-order valence-corrected chi connectivity index (χ4v) is 2.27. The maximum absolute atomic E-state index is 4.04. The van der Waals surface area contributed by atoms with Crippen molar-refractivity contribution in [3.63, 3.8) is 0 Å². The quantitative estimate of drug-likeness (QED) is 0.415. The molecule has 1 unspecified atom stereocenters. The lowest BCUT2D eigenvalue weighted by atomic mass is 9.94. The molecule has 2 rings (SSSR count). The fraction of sp³-hybridized carbons (Fsp3) is 0.875. The second kappa shape index (κ2) is 2.51. The van der Waals surface area contributed by atoms with E-state index in [1.54, 1.807) is 0 Å². The molecule has 0 radical (unpaired) electrons. The van der Waals surface area contributed by atoms with E-state index in [0.29, 0.717) is 0 Å². The van der Waals surface area contributed by atoms with Crippen LogP contribution in [0.4, 0.5) is 0 Å². The molecule has 3 atom stereocenters. The van der Waals surface area contributed by atoms with E-state index in [-0.39, 0.29) is 0 Å². The van der Waals surface area contributed by atoms with Gasteiger partial charge in [-0.1, -0.05) is 0 Å². The van der Waals surface area contributed by atoms with E-state index in [0.717, 1.165) is 12.0 Å². The molecule has 2 nitrogen and oxygen atoms in total. The summed E-state index contributed by atoms with van der Waals surface area (Å²) in [4.78, 5) is 1.46. The minimum Gasteiger partial charge on any atom is -0.466 e. The highest BCUT2D eigenvalue weighted by Gasteiger charge is 2.33. The third-order valence-corrected chi connectivity index (χ3v) is 2.79. The normalized spacial score (nSPS) is 47.1. The van der Waals surface area contributed by atoms with Crippen LogP contribution in [0.3, 0.4) is 0 Å². The number of rotatable bonds is 0. The first-order valence-electron chi connectivity index (χ1n) is 4.26. The molecule has 10 heavy (non-hydrogen) atoms. The molecule has 0 bridgehead atoms. The number of piperidine rings is 1. The van der Waals surface area contributed by atoms with E-state index in [9.17, 15) is 0 Å². The van der Waals surface area contributed by atoms with Gasteiger partial charge in [-0.15, -0.1) is 0 Å². The molecule has 0 amide bonds. The van der Waals surface area contributed by atoms with E-state index in [2.05, 4.69) is 12.4 Å². The molecule has 0 spiro atoms. The van der Waals surface area contributed by atoms with Crippen LogP contribution in [-0.2, 0) is 0 Å². The van der Waals surface area contributed by atoms with Crippen LogP contribution in [0.25, 0.3) is 0 Å². The highest BCUT2D eigenvalue weighted by molar-refractivity contribution is 4.83. The largest absolute Gasteiger partial charge is 0.466 e. The average Bonchev–Trinajstić information content (AvgIpc) is 2.27. The van der Waals surface area contributed by atoms with Crippen molar-refractivity contribution in [3.8, 4) is 0 Å². The molecule has 0 aromatic carbocycles. The molecule has 2 saturated heterocycles. The lowest BCUT2D eigenvalue weighted by Gasteiger charge is -2.22. The average molecular weight is 140 g/mol. The molecule has 2 aliphatic rings. The molecule has 0 saturated carbocycles. The number of likely N-dealkylation sites (tertiary alicyclic amines) is 1. The van der Waals surface area contributed by atoms with E-state index in [4.69, 9.17) is 0 Å². The van der Waals surface area contributed by atoms with E-state index >= 15 is 0 Å². The highest BCUT2D eigenvalue weighted by atomic mass is 15.2. The molecular weight excluding hydrogens is 124 g/mol. The zero-order chi connectivity index (χ0) is 6.97. The summed E-state index contributed by atoms with van der Waals surface area (Å²) >= 11 is 0. The van der Waals surface area contributed by atoms with Crippen molar-refractivity contribution in [3.05, 3.63) is 7.05 Å². The predicted molar refractivity (Wildman–Crippen MR) is 40.6 cm³/mol. The number of fused-ring (bicyclic) bond motifs is 1. The Bertz CT molecular complexity index is 110. The Morgan fingerprint density at radius 1 is 1.40 bits per heavy atom. The van der Waals surface area contributed by atoms with E-state index in [1.807, 2.05) is 0 Å². The molecule has 2 heteroatoms. The van der Waals surface area contributed by atoms with Crippen molar-refractivity contribution in [2.45, 2.75) is 18.9 Å². The van der Waals surface area contributed by atoms with Crippen molar-refractivity contribution >= 4 is 0 Å². The first-order valence-corrected chi connectivity index (χ1v) is 4.26. The molecule has 0 aromatic heterocycles. The van der Waals surface area contributed by atoms with Crippen molar-refractivity contribution in [2.24, 2.45) is 5.92 Å². The van der Waals surface area contributed by atoms with Gasteiger partial charge in [-0.2, -0.15) is 7.05 Å². The van der Waals surface area contributed by atoms with Gasteiger partial charge in [0.25, 0.3) is 0 Å². The molecule has 2 N–H and O–H groups in total. The van der Waals surface area contributed by atoms with Crippen molar-refractivity contribution in [1.82, 2.24) is 5.32 Å². The van der Waals surface area contributed by atoms with Gasteiger partial charge in [0.05, 0.1) is 19.1 Å². The van der Waals surface area contributed by atoms with Crippen LogP contribution >= 0.6 is 0 Å². The first kappa shape index (κ1) is 6.62. The second-order valence-electron chi connectivity index (χ2n) is 3.62. The summed E-state index contributed by atoms with van der Waals surface area (Å²) in [5, 5.41) is 3.55. The van der Waals surface area contributed by atoms with Crippen molar-refractivity contribution in [1.29, 1.82) is 0 Å². The SMILES string of the molecule is [CH2-][NH+]1C[C@H]2CCCN[C@H]2C1. The van der Waals surface area contributed by atoms with Crippen LogP contribution in [0.15, 0.2) is 0 Å². The van der Waals surface area contributed by atoms with E-state index < -0.39 is 0 Å². The summed E-state index contributed by atoms with van der Waals surface area (Å²) in [6.07, 6.45) is 2.80. The van der Waals surface area contributed by atoms with E-state index in [1.165, 1.54) is 37.4 Å². The molecule has 2 fully saturated rings. The maximum Gasteiger partial charge on any atom is 0.0691 e. The Kier molecular flexibility index (Phi) is 1.66. The Balaban J connectivity index is 1.97. The number of nitrogens with one attached hydrogen (secondary N) is 2. The molecule has 2 heterocycles. The van der Waals surface area contributed by atoms with Crippen LogP contribution in [0, 0.1) is 13.0 Å². The number of hydrogen-bond acceptors (Lipinski definition) is 1. The molecule has 0 aromatic rings. The molecular formula is C8H16N2. The predicted octanol–water partition coefficient (Wildman–Crippen LogP) is -0.955. The lowest BCUT2D eigenvalue weighted by molar-refractivity contribution is -0.841. The first-order chi connectivity index (χ1) is 4.86. The van der Waals surface area contributed by atoms with Gasteiger partial charge in [0.15, 0.2) is 0 Å². The molecule has 0 aliphatic carbocycles. The van der Waals surface area contributed by atoms with Gasteiger partial charge in [0.1, 0.15) is 0 Å². The van der Waals surface area contributed by atoms with Gasteiger partial charge in [-0.05, 0) is 19.4 Å². The van der Waals surface area contributed by atoms with Crippen LogP contribution in [0.5, 0.6) is 0 Å². The van der Waals surface area contributed by atoms with Crippen LogP contribution < -0.4 is 10.2 Å². The fourth-order valence-electron chi connectivity index (χ4n) is 2.27. The van der Waals surface area contributed by atoms with Crippen LogP contribution in [0.2, 0.25) is 0 Å². The minimum atomic E-state index is 0.793. The zero-order valence-corrected chi connectivity index (χ0v) is 6.40. The smallest absolute Gasteiger partial charge is 0.0691 e. The maximum atomic E-state index is 4.04. The Morgan fingerprint density at radius 2 is 2.30 bits per heavy atom. The Labute approximate surface area is 62.6 Å². The summed E-state index contributed by atoms with van der Waals surface area (Å²) in [5.74, 6) is 0.932. The molecule has 2 aliphatic heterocycles. The molecule has 58 valence electrons. The Hall–Kier alpha value is -0.0800. The standard InChI is InChI=1S/C8H16N2/c1-10-5-7-3-2-4-9-8(7)6-10/h7-10H,1-6H2/t7-,8+/m1/s1. The summed E-state index contributed by atoms with van der Waals surface area (Å²) in [7, 11) is 4.04. The second-order valence-corrected chi connectivity index (χ2v) is 3.62. The van der Waals surface area contributed by atoms with Gasteiger partial charge in [0.2, 0.25) is 0 Å².